The van der Waals surface area contributed by atoms with Gasteiger partial charge in [-0.2, -0.15) is 0 Å². The number of pyridine rings is 1. The van der Waals surface area contributed by atoms with Crippen LogP contribution in [0, 0.1) is 11.8 Å². The molecule has 31 heavy (non-hydrogen) atoms. The van der Waals surface area contributed by atoms with Gasteiger partial charge in [-0.1, -0.05) is 34.1 Å². The quantitative estimate of drug-likeness (QED) is 0.236. The van der Waals surface area contributed by atoms with Gasteiger partial charge in [0.15, 0.2) is 5.69 Å². The normalized spacial score (nSPS) is 16.9. The van der Waals surface area contributed by atoms with Crippen LogP contribution in [0.25, 0.3) is 0 Å². The van der Waals surface area contributed by atoms with Gasteiger partial charge in [-0.3, -0.25) is 19.9 Å². The third-order valence-corrected chi connectivity index (χ3v) is 5.31. The first-order valence-corrected chi connectivity index (χ1v) is 10.6. The smallest absolute Gasteiger partial charge is 0.323 e. The van der Waals surface area contributed by atoms with Crippen molar-refractivity contribution in [3.8, 4) is 5.75 Å². The lowest BCUT2D eigenvalue weighted by molar-refractivity contribution is -0.154. The van der Waals surface area contributed by atoms with Gasteiger partial charge >= 0.3 is 5.97 Å². The summed E-state index contributed by atoms with van der Waals surface area (Å²) in [6.07, 6.45) is 0.496. The highest BCUT2D eigenvalue weighted by Gasteiger charge is 2.33. The van der Waals surface area contributed by atoms with Crippen LogP contribution in [0.2, 0.25) is 0 Å². The highest BCUT2D eigenvalue weighted by atomic mass is 16.5. The molecule has 0 bridgehead atoms. The van der Waals surface area contributed by atoms with Crippen molar-refractivity contribution in [1.82, 2.24) is 15.6 Å². The van der Waals surface area contributed by atoms with E-state index in [9.17, 15) is 19.8 Å². The number of amides is 1. The maximum absolute atomic E-state index is 12.9. The van der Waals surface area contributed by atoms with E-state index in [4.69, 9.17) is 4.74 Å². The number of hydrogen-bond donors (Lipinski definition) is 4. The molecular weight excluding hydrogens is 400 g/mol. The maximum Gasteiger partial charge on any atom is 0.323 e. The number of nitrogens with zero attached hydrogens (tertiary/aromatic N) is 2. The zero-order chi connectivity index (χ0) is 23.7. The van der Waals surface area contributed by atoms with Gasteiger partial charge in [-0.25, -0.2) is 4.98 Å². The van der Waals surface area contributed by atoms with Crippen LogP contribution in [0.5, 0.6) is 5.75 Å². The molecule has 1 aromatic heterocycles. The third-order valence-electron chi connectivity index (χ3n) is 5.31. The van der Waals surface area contributed by atoms with Crippen molar-refractivity contribution in [3.05, 3.63) is 24.0 Å². The number of carbonyl (C=O) groups excluding carboxylic acids is 2. The van der Waals surface area contributed by atoms with Crippen LogP contribution in [0.4, 0.5) is 0 Å². The molecule has 0 saturated carbocycles. The number of hydrogen-bond acceptors (Lipinski definition) is 8. The van der Waals surface area contributed by atoms with Gasteiger partial charge in [0.05, 0.1) is 0 Å². The molecule has 0 saturated heterocycles. The Bertz CT molecular complexity index is 768. The van der Waals surface area contributed by atoms with Crippen LogP contribution in [0.3, 0.4) is 0 Å². The van der Waals surface area contributed by atoms with Gasteiger partial charge < -0.3 is 20.3 Å². The zero-order valence-electron chi connectivity index (χ0n) is 19.4. The molecule has 5 atom stereocenters. The highest BCUT2D eigenvalue weighted by Crippen LogP contribution is 2.16. The summed E-state index contributed by atoms with van der Waals surface area (Å²) >= 11 is 0. The number of rotatable bonds is 11. The molecule has 0 aliphatic rings. The first-order chi connectivity index (χ1) is 14.5. The van der Waals surface area contributed by atoms with Crippen molar-refractivity contribution in [2.24, 2.45) is 16.8 Å². The molecular formula is C22H36N4O5. The summed E-state index contributed by atoms with van der Waals surface area (Å²) in [6, 6.07) is 1.44. The van der Waals surface area contributed by atoms with Crippen LogP contribution in [0.15, 0.2) is 23.3 Å². The van der Waals surface area contributed by atoms with Crippen molar-refractivity contribution in [2.75, 3.05) is 7.05 Å². The fraction of sp³-hybridized carbons (Fsp3) is 0.636. The summed E-state index contributed by atoms with van der Waals surface area (Å²) in [5, 5.41) is 25.8. The van der Waals surface area contributed by atoms with Crippen molar-refractivity contribution in [2.45, 2.75) is 72.4 Å². The van der Waals surface area contributed by atoms with Gasteiger partial charge in [0, 0.05) is 19.0 Å². The van der Waals surface area contributed by atoms with Gasteiger partial charge in [-0.05, 0) is 37.8 Å². The molecule has 1 heterocycles. The number of aliphatic hydroxyl groups is 1. The summed E-state index contributed by atoms with van der Waals surface area (Å²) in [4.78, 5) is 33.6. The first kappa shape index (κ1) is 26.5. The predicted molar refractivity (Wildman–Crippen MR) is 119 cm³/mol. The monoisotopic (exact) mass is 436 g/mol. The summed E-state index contributed by atoms with van der Waals surface area (Å²) in [5.41, 5.74) is 0.411. The standard InChI is InChI=1S/C22H36N4O5/c1-8-13(4)17(25-20(28)12(2)3)22(30)31-15(6)18(14(5)23-7)26-21(29)19-16(27)10-9-11-24-19/h9-13,15,17-18,20,25,27-28H,8H2,1-7H3,(H,26,29). The number of ether oxygens (including phenoxy) is 1. The van der Waals surface area contributed by atoms with E-state index in [1.54, 1.807) is 20.9 Å². The van der Waals surface area contributed by atoms with E-state index in [0.717, 1.165) is 0 Å². The molecule has 0 fully saturated rings. The fourth-order valence-electron chi connectivity index (χ4n) is 2.88. The molecule has 5 unspecified atom stereocenters. The predicted octanol–water partition coefficient (Wildman–Crippen LogP) is 1.89. The Labute approximate surface area is 184 Å². The summed E-state index contributed by atoms with van der Waals surface area (Å²) in [6.45, 7) is 10.9. The lowest BCUT2D eigenvalue weighted by atomic mass is 9.98. The second-order valence-electron chi connectivity index (χ2n) is 8.05. The number of aromatic nitrogens is 1. The van der Waals surface area contributed by atoms with Gasteiger partial charge in [0.2, 0.25) is 0 Å². The lowest BCUT2D eigenvalue weighted by Gasteiger charge is -2.30. The van der Waals surface area contributed by atoms with Gasteiger partial charge in [-0.15, -0.1) is 0 Å². The molecule has 9 nitrogen and oxygen atoms in total. The highest BCUT2D eigenvalue weighted by molar-refractivity contribution is 5.99. The SMILES string of the molecule is CCC(C)C(NC(O)C(C)C)C(=O)OC(C)C(NC(=O)c1ncccc1O)C(C)=NC. The average molecular weight is 437 g/mol. The van der Waals surface area contributed by atoms with E-state index in [-0.39, 0.29) is 23.3 Å². The Morgan fingerprint density at radius 2 is 1.87 bits per heavy atom. The fourth-order valence-corrected chi connectivity index (χ4v) is 2.88. The van der Waals surface area contributed by atoms with E-state index in [1.807, 2.05) is 27.7 Å². The van der Waals surface area contributed by atoms with Crippen LogP contribution < -0.4 is 10.6 Å². The molecule has 1 rings (SSSR count). The van der Waals surface area contributed by atoms with Crippen molar-refractivity contribution in [1.29, 1.82) is 0 Å². The number of aromatic hydroxyl groups is 1. The molecule has 1 aromatic rings. The number of aliphatic imine (C=N–C) groups is 1. The van der Waals surface area contributed by atoms with E-state index < -0.39 is 36.3 Å². The summed E-state index contributed by atoms with van der Waals surface area (Å²) < 4.78 is 5.68. The second-order valence-corrected chi connectivity index (χ2v) is 8.05. The van der Waals surface area contributed by atoms with Crippen molar-refractivity contribution in [3.63, 3.8) is 0 Å². The van der Waals surface area contributed by atoms with Crippen LogP contribution in [0.1, 0.15) is 58.5 Å². The average Bonchev–Trinajstić information content (AvgIpc) is 2.74. The molecule has 0 aromatic carbocycles. The van der Waals surface area contributed by atoms with Gasteiger partial charge in [0.25, 0.3) is 5.91 Å². The summed E-state index contributed by atoms with van der Waals surface area (Å²) in [7, 11) is 1.57. The molecule has 0 aliphatic carbocycles. The maximum atomic E-state index is 12.9. The number of carbonyl (C=O) groups is 2. The Balaban J connectivity index is 3.01. The Kier molecular flexibility index (Phi) is 10.6. The van der Waals surface area contributed by atoms with Crippen LogP contribution in [-0.2, 0) is 9.53 Å². The number of nitrogens with one attached hydrogen (secondary N) is 2. The van der Waals surface area contributed by atoms with Crippen molar-refractivity contribution >= 4 is 17.6 Å². The first-order valence-electron chi connectivity index (χ1n) is 10.6. The minimum atomic E-state index is -0.858. The van der Waals surface area contributed by atoms with E-state index in [1.165, 1.54) is 18.3 Å². The largest absolute Gasteiger partial charge is 0.505 e. The van der Waals surface area contributed by atoms with Gasteiger partial charge in [0.1, 0.15) is 30.2 Å². The van der Waals surface area contributed by atoms with E-state index in [2.05, 4.69) is 20.6 Å². The molecule has 9 heteroatoms. The Morgan fingerprint density at radius 1 is 1.23 bits per heavy atom. The van der Waals surface area contributed by atoms with Crippen LogP contribution in [-0.4, -0.2) is 64.2 Å². The Morgan fingerprint density at radius 3 is 2.39 bits per heavy atom. The van der Waals surface area contributed by atoms with E-state index >= 15 is 0 Å². The van der Waals surface area contributed by atoms with E-state index in [0.29, 0.717) is 12.1 Å². The molecule has 0 radical (unpaired) electrons. The minimum absolute atomic E-state index is 0.0763. The van der Waals surface area contributed by atoms with Crippen LogP contribution >= 0.6 is 0 Å². The molecule has 0 aliphatic heterocycles. The number of aliphatic hydroxyl groups excluding tert-OH is 1. The second kappa shape index (κ2) is 12.4. The molecule has 1 amide bonds. The zero-order valence-corrected chi connectivity index (χ0v) is 19.4. The Hall–Kier alpha value is -2.52. The number of esters is 1. The lowest BCUT2D eigenvalue weighted by Crippen LogP contribution is -2.53. The minimum Gasteiger partial charge on any atom is -0.505 e. The third kappa shape index (κ3) is 7.59. The molecule has 0 spiro atoms. The molecule has 4 N–H and O–H groups in total. The van der Waals surface area contributed by atoms with Crippen molar-refractivity contribution < 1.29 is 24.5 Å². The molecule has 174 valence electrons. The summed E-state index contributed by atoms with van der Waals surface area (Å²) in [5.74, 6) is -1.54. The topological polar surface area (TPSA) is 133 Å².